The molecule has 0 amide bonds. The summed E-state index contributed by atoms with van der Waals surface area (Å²) in [6, 6.07) is 3.80. The standard InChI is InChI=1S/C13H19NO4/c1-8-4-10(5-9(2)13(8)18-3)14-7-11(15)6-12(16)17/h4-5,11,14-15H,6-7H2,1-3H3,(H,16,17). The van der Waals surface area contributed by atoms with Gasteiger partial charge in [-0.25, -0.2) is 0 Å². The quantitative estimate of drug-likeness (QED) is 0.717. The molecule has 1 atom stereocenters. The second-order valence-corrected chi connectivity index (χ2v) is 4.28. The number of methoxy groups -OCH3 is 1. The number of benzene rings is 1. The van der Waals surface area contributed by atoms with Gasteiger partial charge in [-0.05, 0) is 37.1 Å². The minimum Gasteiger partial charge on any atom is -0.496 e. The lowest BCUT2D eigenvalue weighted by Crippen LogP contribution is -2.22. The van der Waals surface area contributed by atoms with Gasteiger partial charge in [-0.15, -0.1) is 0 Å². The fourth-order valence-electron chi connectivity index (χ4n) is 1.88. The molecule has 0 aliphatic carbocycles. The SMILES string of the molecule is COc1c(C)cc(NCC(O)CC(=O)O)cc1C. The van der Waals surface area contributed by atoms with Gasteiger partial charge in [0.25, 0.3) is 0 Å². The number of aliphatic carboxylic acids is 1. The molecule has 0 heterocycles. The minimum atomic E-state index is -1.01. The Morgan fingerprint density at radius 3 is 2.39 bits per heavy atom. The Hall–Kier alpha value is -1.75. The highest BCUT2D eigenvalue weighted by molar-refractivity contribution is 5.67. The molecule has 0 saturated carbocycles. The van der Waals surface area contributed by atoms with Crippen molar-refractivity contribution in [2.75, 3.05) is 19.0 Å². The number of hydrogen-bond donors (Lipinski definition) is 3. The summed E-state index contributed by atoms with van der Waals surface area (Å²) in [6.45, 7) is 4.08. The van der Waals surface area contributed by atoms with Crippen LogP contribution < -0.4 is 10.1 Å². The fourth-order valence-corrected chi connectivity index (χ4v) is 1.88. The van der Waals surface area contributed by atoms with Gasteiger partial charge < -0.3 is 20.3 Å². The molecular weight excluding hydrogens is 234 g/mol. The van der Waals surface area contributed by atoms with Crippen LogP contribution in [0.2, 0.25) is 0 Å². The number of rotatable bonds is 6. The molecule has 0 aliphatic rings. The van der Waals surface area contributed by atoms with E-state index in [4.69, 9.17) is 9.84 Å². The van der Waals surface area contributed by atoms with Crippen molar-refractivity contribution < 1.29 is 19.7 Å². The lowest BCUT2D eigenvalue weighted by Gasteiger charge is -2.14. The third-order valence-electron chi connectivity index (χ3n) is 2.62. The molecule has 1 aromatic rings. The van der Waals surface area contributed by atoms with E-state index in [9.17, 15) is 9.90 Å². The molecule has 1 aromatic carbocycles. The van der Waals surface area contributed by atoms with Crippen molar-refractivity contribution in [3.8, 4) is 5.75 Å². The number of aliphatic hydroxyl groups is 1. The van der Waals surface area contributed by atoms with E-state index in [1.165, 1.54) is 0 Å². The maximum Gasteiger partial charge on any atom is 0.306 e. The van der Waals surface area contributed by atoms with Crippen LogP contribution in [0.5, 0.6) is 5.75 Å². The molecule has 0 saturated heterocycles. The van der Waals surface area contributed by atoms with Gasteiger partial charge >= 0.3 is 5.97 Å². The van der Waals surface area contributed by atoms with Crippen LogP contribution in [0.4, 0.5) is 5.69 Å². The third-order valence-corrected chi connectivity index (χ3v) is 2.62. The number of carboxylic acid groups (broad SMARTS) is 1. The average molecular weight is 253 g/mol. The highest BCUT2D eigenvalue weighted by atomic mass is 16.5. The second-order valence-electron chi connectivity index (χ2n) is 4.28. The van der Waals surface area contributed by atoms with Crippen LogP contribution in [0.15, 0.2) is 12.1 Å². The Balaban J connectivity index is 2.66. The van der Waals surface area contributed by atoms with Gasteiger partial charge in [0, 0.05) is 12.2 Å². The molecule has 100 valence electrons. The van der Waals surface area contributed by atoms with Gasteiger partial charge in [-0.1, -0.05) is 0 Å². The number of anilines is 1. The van der Waals surface area contributed by atoms with Crippen LogP contribution in [0, 0.1) is 13.8 Å². The fraction of sp³-hybridized carbons (Fsp3) is 0.462. The Kier molecular flexibility index (Phi) is 4.97. The summed E-state index contributed by atoms with van der Waals surface area (Å²) < 4.78 is 5.25. The normalized spacial score (nSPS) is 12.0. The van der Waals surface area contributed by atoms with E-state index >= 15 is 0 Å². The van der Waals surface area contributed by atoms with Crippen molar-refractivity contribution in [3.63, 3.8) is 0 Å². The second kappa shape index (κ2) is 6.26. The van der Waals surface area contributed by atoms with E-state index in [2.05, 4.69) is 5.32 Å². The van der Waals surface area contributed by atoms with Crippen LogP contribution in [-0.2, 0) is 4.79 Å². The molecule has 0 aromatic heterocycles. The summed E-state index contributed by atoms with van der Waals surface area (Å²) in [5, 5.41) is 21.0. The zero-order valence-electron chi connectivity index (χ0n) is 10.9. The molecule has 1 rings (SSSR count). The maximum atomic E-state index is 10.4. The predicted molar refractivity (Wildman–Crippen MR) is 69.2 cm³/mol. The van der Waals surface area contributed by atoms with E-state index in [1.54, 1.807) is 7.11 Å². The van der Waals surface area contributed by atoms with Gasteiger partial charge in [-0.2, -0.15) is 0 Å². The van der Waals surface area contributed by atoms with Crippen molar-refractivity contribution in [2.24, 2.45) is 0 Å². The zero-order chi connectivity index (χ0) is 13.7. The molecule has 0 fully saturated rings. The molecule has 1 unspecified atom stereocenters. The van der Waals surface area contributed by atoms with Crippen LogP contribution >= 0.6 is 0 Å². The molecule has 5 heteroatoms. The van der Waals surface area contributed by atoms with E-state index < -0.39 is 12.1 Å². The van der Waals surface area contributed by atoms with Crippen LogP contribution in [0.25, 0.3) is 0 Å². The van der Waals surface area contributed by atoms with Gasteiger partial charge in [0.05, 0.1) is 19.6 Å². The summed E-state index contributed by atoms with van der Waals surface area (Å²) in [4.78, 5) is 10.4. The van der Waals surface area contributed by atoms with Crippen molar-refractivity contribution in [1.29, 1.82) is 0 Å². The number of nitrogens with one attached hydrogen (secondary N) is 1. The highest BCUT2D eigenvalue weighted by Gasteiger charge is 2.10. The Morgan fingerprint density at radius 1 is 1.39 bits per heavy atom. The van der Waals surface area contributed by atoms with Crippen molar-refractivity contribution in [1.82, 2.24) is 0 Å². The first-order chi connectivity index (χ1) is 8.43. The Bertz CT molecular complexity index is 408. The Morgan fingerprint density at radius 2 is 1.94 bits per heavy atom. The predicted octanol–water partition coefficient (Wildman–Crippen LogP) is 1.56. The first-order valence-electron chi connectivity index (χ1n) is 5.73. The van der Waals surface area contributed by atoms with Crippen molar-refractivity contribution in [3.05, 3.63) is 23.3 Å². The number of ether oxygens (including phenoxy) is 1. The van der Waals surface area contributed by atoms with E-state index in [0.717, 1.165) is 22.6 Å². The monoisotopic (exact) mass is 253 g/mol. The number of carboxylic acids is 1. The van der Waals surface area contributed by atoms with Crippen molar-refractivity contribution >= 4 is 11.7 Å². The van der Waals surface area contributed by atoms with E-state index in [-0.39, 0.29) is 13.0 Å². The molecule has 3 N–H and O–H groups in total. The van der Waals surface area contributed by atoms with Gasteiger partial charge in [0.1, 0.15) is 5.75 Å². The molecular formula is C13H19NO4. The van der Waals surface area contributed by atoms with Gasteiger partial charge in [0.15, 0.2) is 0 Å². The summed E-state index contributed by atoms with van der Waals surface area (Å²) >= 11 is 0. The summed E-state index contributed by atoms with van der Waals surface area (Å²) in [7, 11) is 1.62. The van der Waals surface area contributed by atoms with Gasteiger partial charge in [-0.3, -0.25) is 4.79 Å². The van der Waals surface area contributed by atoms with Crippen LogP contribution in [0.3, 0.4) is 0 Å². The lowest BCUT2D eigenvalue weighted by atomic mass is 10.1. The van der Waals surface area contributed by atoms with Crippen LogP contribution in [-0.4, -0.2) is 35.9 Å². The zero-order valence-corrected chi connectivity index (χ0v) is 10.9. The first kappa shape index (κ1) is 14.3. The molecule has 18 heavy (non-hydrogen) atoms. The molecule has 0 spiro atoms. The molecule has 5 nitrogen and oxygen atoms in total. The topological polar surface area (TPSA) is 78.8 Å². The number of carbonyl (C=O) groups is 1. The molecule has 0 bridgehead atoms. The smallest absolute Gasteiger partial charge is 0.306 e. The largest absolute Gasteiger partial charge is 0.496 e. The number of aliphatic hydroxyl groups excluding tert-OH is 1. The van der Waals surface area contributed by atoms with Crippen molar-refractivity contribution in [2.45, 2.75) is 26.4 Å². The average Bonchev–Trinajstić information content (AvgIpc) is 2.25. The van der Waals surface area contributed by atoms with E-state index in [1.807, 2.05) is 26.0 Å². The highest BCUT2D eigenvalue weighted by Crippen LogP contribution is 2.26. The number of hydrogen-bond acceptors (Lipinski definition) is 4. The number of aryl methyl sites for hydroxylation is 2. The third kappa shape index (κ3) is 3.92. The summed E-state index contributed by atoms with van der Waals surface area (Å²) in [5.74, 6) is -0.168. The van der Waals surface area contributed by atoms with Crippen LogP contribution in [0.1, 0.15) is 17.5 Å². The summed E-state index contributed by atoms with van der Waals surface area (Å²) in [6.07, 6.45) is -1.16. The Labute approximate surface area is 106 Å². The molecule has 0 aliphatic heterocycles. The van der Waals surface area contributed by atoms with Gasteiger partial charge in [0.2, 0.25) is 0 Å². The lowest BCUT2D eigenvalue weighted by molar-refractivity contribution is -0.138. The first-order valence-corrected chi connectivity index (χ1v) is 5.73. The molecule has 0 radical (unpaired) electrons. The van der Waals surface area contributed by atoms with E-state index in [0.29, 0.717) is 0 Å². The summed E-state index contributed by atoms with van der Waals surface area (Å²) in [5.41, 5.74) is 2.83. The maximum absolute atomic E-state index is 10.4. The minimum absolute atomic E-state index is 0.206.